The van der Waals surface area contributed by atoms with Gasteiger partial charge in [-0.25, -0.2) is 0 Å². The Morgan fingerprint density at radius 1 is 1.29 bits per heavy atom. The van der Waals surface area contributed by atoms with Gasteiger partial charge in [-0.15, -0.1) is 0 Å². The summed E-state index contributed by atoms with van der Waals surface area (Å²) in [6.07, 6.45) is 2.42. The van der Waals surface area contributed by atoms with E-state index in [1.54, 1.807) is 13.4 Å². The highest BCUT2D eigenvalue weighted by Gasteiger charge is 2.20. The Kier molecular flexibility index (Phi) is 7.56. The van der Waals surface area contributed by atoms with Crippen LogP contribution in [0.5, 0.6) is 5.75 Å². The first-order valence-corrected chi connectivity index (χ1v) is 10.0. The minimum atomic E-state index is 0.688. The normalized spacial score (nSPS) is 15.7. The molecule has 0 spiro atoms. The second-order valence-electron chi connectivity index (χ2n) is 6.70. The second kappa shape index (κ2) is 10.3. The molecule has 1 saturated heterocycles. The van der Waals surface area contributed by atoms with E-state index < -0.39 is 0 Å². The molecule has 0 radical (unpaired) electrons. The summed E-state index contributed by atoms with van der Waals surface area (Å²) in [6, 6.07) is 7.71. The smallest absolute Gasteiger partial charge is 0.194 e. The molecule has 1 aliphatic rings. The fourth-order valence-electron chi connectivity index (χ4n) is 3.23. The molecule has 0 saturated carbocycles. The number of nitrogens with zero attached hydrogens (tertiary/aromatic N) is 4. The lowest BCUT2D eigenvalue weighted by Crippen LogP contribution is -2.52. The first-order chi connectivity index (χ1) is 13.7. The summed E-state index contributed by atoms with van der Waals surface area (Å²) in [7, 11) is 1.64. The maximum Gasteiger partial charge on any atom is 0.194 e. The van der Waals surface area contributed by atoms with Crippen molar-refractivity contribution in [3.05, 3.63) is 46.8 Å². The van der Waals surface area contributed by atoms with Crippen molar-refractivity contribution in [2.45, 2.75) is 19.9 Å². The molecule has 1 aliphatic heterocycles. The monoisotopic (exact) mass is 405 g/mol. The Hall–Kier alpha value is -2.25. The molecule has 2 aromatic rings. The topological polar surface area (TPSA) is 66.1 Å². The molecule has 0 amide bonds. The molecule has 152 valence electrons. The van der Waals surface area contributed by atoms with Crippen molar-refractivity contribution in [2.75, 3.05) is 46.4 Å². The number of benzene rings is 1. The fraction of sp³-hybridized carbons (Fsp3) is 0.500. The molecule has 1 aromatic carbocycles. The molecular formula is C20H28ClN5O2. The average Bonchev–Trinajstić information content (AvgIpc) is 3.22. The number of aromatic nitrogens is 1. The van der Waals surface area contributed by atoms with Gasteiger partial charge < -0.3 is 19.5 Å². The molecule has 0 unspecified atom stereocenters. The van der Waals surface area contributed by atoms with Gasteiger partial charge in [-0.3, -0.25) is 9.89 Å². The van der Waals surface area contributed by atoms with Gasteiger partial charge >= 0.3 is 0 Å². The van der Waals surface area contributed by atoms with Gasteiger partial charge in [0.15, 0.2) is 5.96 Å². The molecular weight excluding hydrogens is 378 g/mol. The third kappa shape index (κ3) is 5.62. The van der Waals surface area contributed by atoms with Gasteiger partial charge in [-0.1, -0.05) is 22.8 Å². The number of guanidine groups is 1. The molecule has 1 aromatic heterocycles. The minimum Gasteiger partial charge on any atom is -0.497 e. The lowest BCUT2D eigenvalue weighted by Gasteiger charge is -2.36. The number of methoxy groups -OCH3 is 1. The molecule has 7 nitrogen and oxygen atoms in total. The van der Waals surface area contributed by atoms with Crippen molar-refractivity contribution >= 4 is 17.6 Å². The van der Waals surface area contributed by atoms with E-state index in [2.05, 4.69) is 27.2 Å². The molecule has 8 heteroatoms. The van der Waals surface area contributed by atoms with Crippen LogP contribution in [0.1, 0.15) is 18.2 Å². The minimum absolute atomic E-state index is 0.688. The molecule has 1 N–H and O–H groups in total. The maximum absolute atomic E-state index is 6.34. The Bertz CT molecular complexity index is 758. The summed E-state index contributed by atoms with van der Waals surface area (Å²) in [5.74, 6) is 1.74. The number of rotatable bonds is 7. The van der Waals surface area contributed by atoms with E-state index in [-0.39, 0.29) is 0 Å². The van der Waals surface area contributed by atoms with Crippen molar-refractivity contribution < 1.29 is 9.26 Å². The van der Waals surface area contributed by atoms with Gasteiger partial charge in [-0.05, 0) is 31.0 Å². The van der Waals surface area contributed by atoms with E-state index in [4.69, 9.17) is 25.9 Å². The molecule has 3 rings (SSSR count). The maximum atomic E-state index is 6.34. The van der Waals surface area contributed by atoms with Crippen molar-refractivity contribution in [1.82, 2.24) is 20.3 Å². The zero-order valence-corrected chi connectivity index (χ0v) is 17.3. The molecule has 28 heavy (non-hydrogen) atoms. The summed E-state index contributed by atoms with van der Waals surface area (Å²) in [5.41, 5.74) is 2.06. The molecule has 0 bridgehead atoms. The predicted molar refractivity (Wildman–Crippen MR) is 111 cm³/mol. The highest BCUT2D eigenvalue weighted by molar-refractivity contribution is 6.31. The van der Waals surface area contributed by atoms with Crippen LogP contribution in [0.2, 0.25) is 5.02 Å². The van der Waals surface area contributed by atoms with Gasteiger partial charge in [0.1, 0.15) is 12.0 Å². The number of nitrogens with one attached hydrogen (secondary N) is 1. The van der Waals surface area contributed by atoms with Crippen LogP contribution in [0.3, 0.4) is 0 Å². The van der Waals surface area contributed by atoms with Crippen LogP contribution in [0.25, 0.3) is 0 Å². The predicted octanol–water partition coefficient (Wildman–Crippen LogP) is 2.66. The molecule has 2 heterocycles. The fourth-order valence-corrected chi connectivity index (χ4v) is 3.50. The molecule has 0 atom stereocenters. The average molecular weight is 406 g/mol. The number of halogens is 1. The van der Waals surface area contributed by atoms with Gasteiger partial charge in [0.25, 0.3) is 0 Å². The lowest BCUT2D eigenvalue weighted by atomic mass is 10.1. The first kappa shape index (κ1) is 20.5. The van der Waals surface area contributed by atoms with Crippen molar-refractivity contribution in [3.8, 4) is 5.75 Å². The number of aliphatic imine (C=N–C) groups is 1. The lowest BCUT2D eigenvalue weighted by molar-refractivity contribution is 0.169. The number of piperazine rings is 1. The highest BCUT2D eigenvalue weighted by Crippen LogP contribution is 2.22. The zero-order chi connectivity index (χ0) is 19.8. The second-order valence-corrected chi connectivity index (χ2v) is 7.10. The summed E-state index contributed by atoms with van der Waals surface area (Å²) in [6.45, 7) is 8.28. The van der Waals surface area contributed by atoms with Gasteiger partial charge in [0.2, 0.25) is 0 Å². The van der Waals surface area contributed by atoms with Crippen LogP contribution >= 0.6 is 11.6 Å². The number of hydrogen-bond acceptors (Lipinski definition) is 5. The number of ether oxygens (including phenoxy) is 1. The summed E-state index contributed by atoms with van der Waals surface area (Å²) in [5, 5.41) is 8.13. The van der Waals surface area contributed by atoms with Crippen molar-refractivity contribution in [3.63, 3.8) is 0 Å². The van der Waals surface area contributed by atoms with E-state index in [1.807, 2.05) is 24.3 Å². The van der Waals surface area contributed by atoms with Crippen LogP contribution < -0.4 is 10.1 Å². The van der Waals surface area contributed by atoms with Crippen LogP contribution in [-0.2, 0) is 13.0 Å². The third-order valence-corrected chi connectivity index (χ3v) is 5.14. The van der Waals surface area contributed by atoms with Crippen LogP contribution in [0, 0.1) is 0 Å². The van der Waals surface area contributed by atoms with Gasteiger partial charge in [0.05, 0.1) is 12.8 Å². The highest BCUT2D eigenvalue weighted by atomic mass is 35.5. The van der Waals surface area contributed by atoms with Gasteiger partial charge in [0, 0.05) is 56.9 Å². The molecule has 0 aliphatic carbocycles. The van der Waals surface area contributed by atoms with E-state index >= 15 is 0 Å². The van der Waals surface area contributed by atoms with Crippen LogP contribution in [0.4, 0.5) is 0 Å². The Morgan fingerprint density at radius 2 is 2.11 bits per heavy atom. The molecule has 1 fully saturated rings. The van der Waals surface area contributed by atoms with Crippen molar-refractivity contribution in [1.29, 1.82) is 0 Å². The van der Waals surface area contributed by atoms with Gasteiger partial charge in [-0.2, -0.15) is 0 Å². The largest absolute Gasteiger partial charge is 0.497 e. The third-order valence-electron chi connectivity index (χ3n) is 4.79. The Labute approximate surface area is 171 Å². The Balaban J connectivity index is 1.53. The Morgan fingerprint density at radius 3 is 2.75 bits per heavy atom. The van der Waals surface area contributed by atoms with Crippen LogP contribution in [-0.4, -0.2) is 67.3 Å². The van der Waals surface area contributed by atoms with E-state index in [1.165, 1.54) is 0 Å². The van der Waals surface area contributed by atoms with E-state index in [0.29, 0.717) is 6.54 Å². The van der Waals surface area contributed by atoms with Crippen LogP contribution in [0.15, 0.2) is 40.0 Å². The first-order valence-electron chi connectivity index (χ1n) is 9.67. The summed E-state index contributed by atoms with van der Waals surface area (Å²) >= 11 is 6.34. The standard InChI is InChI=1S/C20H28ClN5O2/c1-3-22-20(23-8-6-16-4-5-18(27-2)14-19(16)21)26-11-9-25(10-12-26)15-17-7-13-28-24-17/h4-5,7,13-14H,3,6,8-12,15H2,1-2H3,(H,22,23). The number of hydrogen-bond donors (Lipinski definition) is 1. The van der Waals surface area contributed by atoms with E-state index in [9.17, 15) is 0 Å². The van der Waals surface area contributed by atoms with E-state index in [0.717, 1.165) is 73.7 Å². The SMILES string of the molecule is CCNC(=NCCc1ccc(OC)cc1Cl)N1CCN(Cc2ccon2)CC1. The zero-order valence-electron chi connectivity index (χ0n) is 16.5. The summed E-state index contributed by atoms with van der Waals surface area (Å²) < 4.78 is 10.1. The van der Waals surface area contributed by atoms with Crippen molar-refractivity contribution in [2.24, 2.45) is 4.99 Å². The quantitative estimate of drug-likeness (QED) is 0.564. The summed E-state index contributed by atoms with van der Waals surface area (Å²) in [4.78, 5) is 9.51.